The first-order chi connectivity index (χ1) is 11.5. The summed E-state index contributed by atoms with van der Waals surface area (Å²) in [5, 5.41) is 11.7. The molecule has 0 radical (unpaired) electrons. The van der Waals surface area contributed by atoms with Crippen molar-refractivity contribution in [1.82, 2.24) is 15.2 Å². The molecule has 0 saturated carbocycles. The van der Waals surface area contributed by atoms with E-state index in [2.05, 4.69) is 15.2 Å². The van der Waals surface area contributed by atoms with Gasteiger partial charge in [0.25, 0.3) is 0 Å². The van der Waals surface area contributed by atoms with Crippen molar-refractivity contribution in [2.24, 2.45) is 0 Å². The predicted molar refractivity (Wildman–Crippen MR) is 86.0 cm³/mol. The van der Waals surface area contributed by atoms with Gasteiger partial charge in [-0.25, -0.2) is 13.6 Å². The lowest BCUT2D eigenvalue weighted by Crippen LogP contribution is -2.44. The summed E-state index contributed by atoms with van der Waals surface area (Å²) in [6, 6.07) is 4.17. The van der Waals surface area contributed by atoms with E-state index < -0.39 is 17.7 Å². The molecule has 2 heterocycles. The first-order valence-corrected chi connectivity index (χ1v) is 7.97. The maximum Gasteiger partial charge on any atom is 0.404 e. The highest BCUT2D eigenvalue weighted by Crippen LogP contribution is 2.22. The van der Waals surface area contributed by atoms with Gasteiger partial charge in [0.2, 0.25) is 0 Å². The van der Waals surface area contributed by atoms with Crippen LogP contribution in [0.5, 0.6) is 0 Å². The highest BCUT2D eigenvalue weighted by atomic mass is 19.1. The molecule has 5 nitrogen and oxygen atoms in total. The molecule has 1 aromatic heterocycles. The molecule has 1 saturated heterocycles. The number of benzene rings is 1. The fourth-order valence-electron chi connectivity index (χ4n) is 3.19. The van der Waals surface area contributed by atoms with Crippen molar-refractivity contribution in [1.29, 1.82) is 0 Å². The van der Waals surface area contributed by atoms with Gasteiger partial charge < -0.3 is 15.3 Å². The fraction of sp³-hybridized carbons (Fsp3) is 0.412. The molecule has 128 valence electrons. The fourth-order valence-corrected chi connectivity index (χ4v) is 3.19. The van der Waals surface area contributed by atoms with Crippen LogP contribution in [-0.2, 0) is 6.42 Å². The predicted octanol–water partition coefficient (Wildman–Crippen LogP) is 2.79. The summed E-state index contributed by atoms with van der Waals surface area (Å²) in [6.07, 6.45) is 2.12. The summed E-state index contributed by atoms with van der Waals surface area (Å²) in [7, 11) is 0. The summed E-state index contributed by atoms with van der Waals surface area (Å²) in [6.45, 7) is 2.15. The SMILES string of the molecule is O=C(O)NC1CCN(CCc2c(F)cnc3ccc(F)cc23)CC1. The van der Waals surface area contributed by atoms with Gasteiger partial charge in [-0.1, -0.05) is 0 Å². The van der Waals surface area contributed by atoms with Gasteiger partial charge in [-0.15, -0.1) is 0 Å². The van der Waals surface area contributed by atoms with Gasteiger partial charge >= 0.3 is 6.09 Å². The highest BCUT2D eigenvalue weighted by Gasteiger charge is 2.21. The van der Waals surface area contributed by atoms with Crippen LogP contribution in [0.1, 0.15) is 18.4 Å². The number of hydrogen-bond acceptors (Lipinski definition) is 3. The third kappa shape index (κ3) is 3.79. The minimum Gasteiger partial charge on any atom is -0.465 e. The number of amides is 1. The van der Waals surface area contributed by atoms with Gasteiger partial charge in [-0.3, -0.25) is 4.98 Å². The van der Waals surface area contributed by atoms with Crippen molar-refractivity contribution in [2.75, 3.05) is 19.6 Å². The number of piperidine rings is 1. The lowest BCUT2D eigenvalue weighted by molar-refractivity contribution is 0.168. The second kappa shape index (κ2) is 7.09. The van der Waals surface area contributed by atoms with Crippen LogP contribution in [0.15, 0.2) is 24.4 Å². The molecule has 1 aliphatic heterocycles. The number of carbonyl (C=O) groups is 1. The van der Waals surface area contributed by atoms with Crippen LogP contribution in [0.4, 0.5) is 13.6 Å². The summed E-state index contributed by atoms with van der Waals surface area (Å²) in [5.41, 5.74) is 1.06. The van der Waals surface area contributed by atoms with Crippen LogP contribution >= 0.6 is 0 Å². The Morgan fingerprint density at radius 3 is 2.79 bits per heavy atom. The normalized spacial score (nSPS) is 16.4. The zero-order chi connectivity index (χ0) is 17.1. The highest BCUT2D eigenvalue weighted by molar-refractivity contribution is 5.82. The van der Waals surface area contributed by atoms with E-state index in [-0.39, 0.29) is 6.04 Å². The molecular weight excluding hydrogens is 316 g/mol. The van der Waals surface area contributed by atoms with Gasteiger partial charge in [-0.05, 0) is 37.5 Å². The van der Waals surface area contributed by atoms with Crippen molar-refractivity contribution >= 4 is 17.0 Å². The van der Waals surface area contributed by atoms with Crippen molar-refractivity contribution in [3.05, 3.63) is 41.6 Å². The monoisotopic (exact) mass is 335 g/mol. The molecule has 24 heavy (non-hydrogen) atoms. The number of hydrogen-bond donors (Lipinski definition) is 2. The van der Waals surface area contributed by atoms with E-state index in [0.29, 0.717) is 29.4 Å². The lowest BCUT2D eigenvalue weighted by atomic mass is 10.0. The Morgan fingerprint density at radius 1 is 1.33 bits per heavy atom. The summed E-state index contributed by atoms with van der Waals surface area (Å²) >= 11 is 0. The maximum absolute atomic E-state index is 14.1. The van der Waals surface area contributed by atoms with Gasteiger partial charge in [-0.2, -0.15) is 0 Å². The molecule has 0 aliphatic carbocycles. The number of fused-ring (bicyclic) bond motifs is 1. The summed E-state index contributed by atoms with van der Waals surface area (Å²) < 4.78 is 27.6. The minimum atomic E-state index is -0.999. The van der Waals surface area contributed by atoms with Crippen molar-refractivity contribution < 1.29 is 18.7 Å². The average molecular weight is 335 g/mol. The first-order valence-electron chi connectivity index (χ1n) is 7.97. The Hall–Kier alpha value is -2.28. The molecule has 0 spiro atoms. The molecule has 1 amide bonds. The number of rotatable bonds is 4. The molecule has 7 heteroatoms. The Balaban J connectivity index is 1.65. The number of aromatic nitrogens is 1. The zero-order valence-electron chi connectivity index (χ0n) is 13.1. The van der Waals surface area contributed by atoms with Crippen LogP contribution in [0.25, 0.3) is 10.9 Å². The van der Waals surface area contributed by atoms with E-state index in [0.717, 1.165) is 25.9 Å². The largest absolute Gasteiger partial charge is 0.465 e. The molecule has 1 fully saturated rings. The molecule has 0 bridgehead atoms. The third-order valence-corrected chi connectivity index (χ3v) is 4.48. The Morgan fingerprint density at radius 2 is 2.08 bits per heavy atom. The third-order valence-electron chi connectivity index (χ3n) is 4.48. The number of pyridine rings is 1. The van der Waals surface area contributed by atoms with Crippen molar-refractivity contribution in [3.63, 3.8) is 0 Å². The number of carboxylic acid groups (broad SMARTS) is 1. The van der Waals surface area contributed by atoms with Crippen LogP contribution in [0.2, 0.25) is 0 Å². The number of nitrogens with one attached hydrogen (secondary N) is 1. The van der Waals surface area contributed by atoms with E-state index in [1.807, 2.05) is 0 Å². The second-order valence-corrected chi connectivity index (χ2v) is 6.06. The molecule has 0 unspecified atom stereocenters. The van der Waals surface area contributed by atoms with Crippen LogP contribution in [-0.4, -0.2) is 46.8 Å². The van der Waals surface area contributed by atoms with E-state index in [1.165, 1.54) is 18.3 Å². The van der Waals surface area contributed by atoms with Crippen LogP contribution in [0, 0.1) is 11.6 Å². The minimum absolute atomic E-state index is 0.0219. The van der Waals surface area contributed by atoms with Crippen LogP contribution in [0.3, 0.4) is 0 Å². The summed E-state index contributed by atoms with van der Waals surface area (Å²) in [4.78, 5) is 16.8. The molecule has 2 aromatic rings. The standard InChI is InChI=1S/C17H19F2N3O2/c18-11-1-2-16-14(9-11)13(15(19)10-20-16)5-8-22-6-3-12(4-7-22)21-17(23)24/h1-2,9-10,12,21H,3-8H2,(H,23,24). The number of nitrogens with zero attached hydrogens (tertiary/aromatic N) is 2. The zero-order valence-corrected chi connectivity index (χ0v) is 13.1. The van der Waals surface area contributed by atoms with E-state index >= 15 is 0 Å². The Kier molecular flexibility index (Phi) is 4.89. The van der Waals surface area contributed by atoms with E-state index in [1.54, 1.807) is 6.07 Å². The molecule has 1 aromatic carbocycles. The number of likely N-dealkylation sites (tertiary alicyclic amines) is 1. The Labute approximate surface area is 138 Å². The van der Waals surface area contributed by atoms with Crippen molar-refractivity contribution in [3.8, 4) is 0 Å². The molecule has 3 rings (SSSR count). The van der Waals surface area contributed by atoms with Gasteiger partial charge in [0, 0.05) is 36.6 Å². The summed E-state index contributed by atoms with van der Waals surface area (Å²) in [5.74, 6) is -0.827. The van der Waals surface area contributed by atoms with Gasteiger partial charge in [0.15, 0.2) is 0 Å². The topological polar surface area (TPSA) is 65.5 Å². The molecule has 2 N–H and O–H groups in total. The molecular formula is C17H19F2N3O2. The quantitative estimate of drug-likeness (QED) is 0.902. The lowest BCUT2D eigenvalue weighted by Gasteiger charge is -2.31. The smallest absolute Gasteiger partial charge is 0.404 e. The Bertz CT molecular complexity index is 741. The average Bonchev–Trinajstić information content (AvgIpc) is 2.55. The number of halogens is 2. The van der Waals surface area contributed by atoms with Crippen molar-refractivity contribution in [2.45, 2.75) is 25.3 Å². The van der Waals surface area contributed by atoms with Gasteiger partial charge in [0.05, 0.1) is 11.7 Å². The molecule has 0 atom stereocenters. The van der Waals surface area contributed by atoms with Crippen LogP contribution < -0.4 is 5.32 Å². The van der Waals surface area contributed by atoms with E-state index in [4.69, 9.17) is 5.11 Å². The van der Waals surface area contributed by atoms with Gasteiger partial charge in [0.1, 0.15) is 11.6 Å². The second-order valence-electron chi connectivity index (χ2n) is 6.06. The van der Waals surface area contributed by atoms with E-state index in [9.17, 15) is 13.6 Å². The first kappa shape index (κ1) is 16.6. The molecule has 1 aliphatic rings. The maximum atomic E-state index is 14.1.